The third-order valence-corrected chi connectivity index (χ3v) is 8.35. The fraction of sp³-hybridized carbons (Fsp3) is 0.179. The minimum atomic E-state index is -0.336. The smallest absolute Gasteiger partial charge is 0.202 e. The summed E-state index contributed by atoms with van der Waals surface area (Å²) in [5.41, 5.74) is 26.7. The first-order valence-electron chi connectivity index (χ1n) is 18.2. The van der Waals surface area contributed by atoms with Gasteiger partial charge in [0.2, 0.25) is 23.8 Å². The number of aryl methyl sites for hydroxylation is 2. The van der Waals surface area contributed by atoms with Gasteiger partial charge in [-0.3, -0.25) is 64.5 Å². The Morgan fingerprint density at radius 3 is 0.949 bits per heavy atom. The molecule has 0 aliphatic heterocycles. The zero-order chi connectivity index (χ0) is 43.5. The van der Waals surface area contributed by atoms with Gasteiger partial charge in [-0.25, -0.2) is 0 Å². The van der Waals surface area contributed by atoms with Gasteiger partial charge in [-0.2, -0.15) is 0 Å². The monoisotopic (exact) mass is 802 g/mol. The summed E-state index contributed by atoms with van der Waals surface area (Å²) < 4.78 is 0. The first kappa shape index (κ1) is 45.2. The molecular weight excluding hydrogens is 749 g/mol. The molecule has 0 unspecified atom stereocenters. The first-order chi connectivity index (χ1) is 28.1. The Balaban J connectivity index is 0.000000317. The standard InChI is InChI=1S/C21H30N10.C18H24N10/c1-14-8-3-5-10-16(14)30(20(26)28-18(22)23)12-7-13-31(21(27)29-19(24)25)17-11-6-4-9-15(17)2;19-15(20)25-17(23)27(13-7-3-1-4-8-13)11-12-28(18(24)26-16(21)22)14-9-5-2-6-10-14/h3-6,8-11H,7,12-13H2,1-2H3,(H5,22,23,26,28)(H5,24,25,27,29);1-10H,11-12H2,(H5,19,20,23,25)(H5,21,22,24,26). The molecule has 0 spiro atoms. The maximum absolute atomic E-state index is 8.35. The molecule has 59 heavy (non-hydrogen) atoms. The summed E-state index contributed by atoms with van der Waals surface area (Å²) in [4.78, 5) is 6.76. The van der Waals surface area contributed by atoms with Gasteiger partial charge < -0.3 is 42.5 Å². The Bertz CT molecular complexity index is 1950. The van der Waals surface area contributed by atoms with E-state index in [0.29, 0.717) is 32.6 Å². The van der Waals surface area contributed by atoms with Crippen LogP contribution in [0.3, 0.4) is 0 Å². The number of rotatable bonds is 11. The summed E-state index contributed by atoms with van der Waals surface area (Å²) in [6.07, 6.45) is 0.576. The first-order valence-corrected chi connectivity index (χ1v) is 18.2. The van der Waals surface area contributed by atoms with Crippen molar-refractivity contribution in [3.63, 3.8) is 0 Å². The summed E-state index contributed by atoms with van der Waals surface area (Å²) in [5, 5.41) is 73.0. The van der Waals surface area contributed by atoms with Crippen LogP contribution in [-0.2, 0) is 0 Å². The van der Waals surface area contributed by atoms with Crippen molar-refractivity contribution < 1.29 is 0 Å². The number of nitrogens with zero attached hydrogens (tertiary/aromatic N) is 4. The van der Waals surface area contributed by atoms with Crippen LogP contribution in [0.25, 0.3) is 0 Å². The molecule has 20 nitrogen and oxygen atoms in total. The fourth-order valence-corrected chi connectivity index (χ4v) is 5.76. The highest BCUT2D eigenvalue weighted by Gasteiger charge is 2.20. The van der Waals surface area contributed by atoms with Crippen LogP contribution in [-0.4, -0.2) is 73.9 Å². The van der Waals surface area contributed by atoms with E-state index < -0.39 is 0 Å². The molecule has 4 aromatic rings. The Kier molecular flexibility index (Phi) is 17.2. The van der Waals surface area contributed by atoms with Crippen molar-refractivity contribution in [2.75, 3.05) is 45.8 Å². The van der Waals surface area contributed by atoms with Crippen LogP contribution in [0.2, 0.25) is 0 Å². The summed E-state index contributed by atoms with van der Waals surface area (Å²) in [7, 11) is 0. The van der Waals surface area contributed by atoms with E-state index >= 15 is 0 Å². The lowest BCUT2D eigenvalue weighted by atomic mass is 10.1. The van der Waals surface area contributed by atoms with Crippen molar-refractivity contribution in [2.24, 2.45) is 22.9 Å². The van der Waals surface area contributed by atoms with Gasteiger partial charge in [0.15, 0.2) is 23.8 Å². The Morgan fingerprint density at radius 1 is 0.390 bits per heavy atom. The average Bonchev–Trinajstić information content (AvgIpc) is 3.17. The second-order valence-corrected chi connectivity index (χ2v) is 12.8. The van der Waals surface area contributed by atoms with Crippen LogP contribution in [0.4, 0.5) is 22.7 Å². The molecular formula is C39H54N20. The lowest BCUT2D eigenvalue weighted by Crippen LogP contribution is -2.51. The molecule has 20 N–H and O–H groups in total. The van der Waals surface area contributed by atoms with Gasteiger partial charge in [0, 0.05) is 48.9 Å². The molecule has 0 aliphatic rings. The van der Waals surface area contributed by atoms with Crippen LogP contribution in [0.15, 0.2) is 109 Å². The van der Waals surface area contributed by atoms with Crippen molar-refractivity contribution in [2.45, 2.75) is 20.3 Å². The number of benzene rings is 4. The van der Waals surface area contributed by atoms with Gasteiger partial charge in [-0.15, -0.1) is 0 Å². The van der Waals surface area contributed by atoms with Crippen LogP contribution >= 0.6 is 0 Å². The predicted molar refractivity (Wildman–Crippen MR) is 240 cm³/mol. The maximum atomic E-state index is 8.35. The molecule has 20 heteroatoms. The molecule has 4 rings (SSSR count). The van der Waals surface area contributed by atoms with E-state index in [1.807, 2.05) is 123 Å². The number of nitrogens with two attached hydrogens (primary N) is 4. The van der Waals surface area contributed by atoms with E-state index in [4.69, 9.17) is 66.2 Å². The summed E-state index contributed by atoms with van der Waals surface area (Å²) >= 11 is 0. The average molecular weight is 803 g/mol. The Morgan fingerprint density at radius 2 is 0.661 bits per heavy atom. The molecule has 0 fully saturated rings. The summed E-state index contributed by atoms with van der Waals surface area (Å²) in [5.74, 6) is -1.40. The lowest BCUT2D eigenvalue weighted by Gasteiger charge is -2.30. The number of guanidine groups is 8. The van der Waals surface area contributed by atoms with Gasteiger partial charge in [-0.05, 0) is 67.8 Å². The van der Waals surface area contributed by atoms with Gasteiger partial charge >= 0.3 is 0 Å². The highest BCUT2D eigenvalue weighted by Crippen LogP contribution is 2.22. The van der Waals surface area contributed by atoms with E-state index in [1.54, 1.807) is 19.6 Å². The number of nitrogens with one attached hydrogen (secondary N) is 12. The molecule has 0 saturated heterocycles. The van der Waals surface area contributed by atoms with E-state index in [-0.39, 0.29) is 47.7 Å². The zero-order valence-electron chi connectivity index (χ0n) is 33.0. The number of para-hydroxylation sites is 4. The maximum Gasteiger partial charge on any atom is 0.202 e. The van der Waals surface area contributed by atoms with Crippen molar-refractivity contribution in [1.82, 2.24) is 21.3 Å². The zero-order valence-corrected chi connectivity index (χ0v) is 33.0. The highest BCUT2D eigenvalue weighted by molar-refractivity contribution is 6.06. The second kappa shape index (κ2) is 22.4. The van der Waals surface area contributed by atoms with E-state index in [1.165, 1.54) is 0 Å². The third-order valence-electron chi connectivity index (χ3n) is 8.35. The van der Waals surface area contributed by atoms with Gasteiger partial charge in [0.25, 0.3) is 0 Å². The van der Waals surface area contributed by atoms with Crippen molar-refractivity contribution in [1.29, 1.82) is 43.3 Å². The molecule has 0 heterocycles. The van der Waals surface area contributed by atoms with Crippen LogP contribution in [0.5, 0.6) is 0 Å². The van der Waals surface area contributed by atoms with Crippen LogP contribution in [0, 0.1) is 57.1 Å². The number of anilines is 4. The highest BCUT2D eigenvalue weighted by atomic mass is 15.4. The Labute approximate surface area is 343 Å². The minimum Gasteiger partial charge on any atom is -0.370 e. The Hall–Kier alpha value is -8.16. The largest absolute Gasteiger partial charge is 0.370 e. The molecule has 0 saturated carbocycles. The van der Waals surface area contributed by atoms with Crippen molar-refractivity contribution >= 4 is 70.4 Å². The molecule has 0 bridgehead atoms. The lowest BCUT2D eigenvalue weighted by molar-refractivity contribution is 0.797. The van der Waals surface area contributed by atoms with Crippen molar-refractivity contribution in [3.8, 4) is 0 Å². The van der Waals surface area contributed by atoms with E-state index in [0.717, 1.165) is 33.9 Å². The normalized spacial score (nSPS) is 10.0. The SMILES string of the molecule is Cc1ccccc1N(CCCN(C(=N)NC(=N)N)c1ccccc1C)C(=N)NC(=N)N.N=C(N)NC(=N)N(CCN(C(=N)NC(=N)N)c1ccccc1)c1ccccc1. The van der Waals surface area contributed by atoms with Crippen molar-refractivity contribution in [3.05, 3.63) is 120 Å². The topological polar surface area (TPSA) is 356 Å². The van der Waals surface area contributed by atoms with Gasteiger partial charge in [0.05, 0.1) is 0 Å². The van der Waals surface area contributed by atoms with Gasteiger partial charge in [-0.1, -0.05) is 72.8 Å². The third kappa shape index (κ3) is 14.5. The van der Waals surface area contributed by atoms with E-state index in [9.17, 15) is 0 Å². The quantitative estimate of drug-likeness (QED) is 0.0769. The second-order valence-electron chi connectivity index (χ2n) is 12.8. The fourth-order valence-electron chi connectivity index (χ4n) is 5.76. The molecule has 0 atom stereocenters. The molecule has 0 aromatic heterocycles. The molecule has 0 radical (unpaired) electrons. The predicted octanol–water partition coefficient (Wildman–Crippen LogP) is 2.68. The van der Waals surface area contributed by atoms with Crippen LogP contribution < -0.4 is 63.8 Å². The van der Waals surface area contributed by atoms with Crippen LogP contribution in [0.1, 0.15) is 17.5 Å². The molecule has 4 aromatic carbocycles. The number of hydrogen-bond acceptors (Lipinski definition) is 8. The summed E-state index contributed by atoms with van der Waals surface area (Å²) in [6.45, 7) is 5.41. The molecule has 0 amide bonds. The number of hydrogen-bond donors (Lipinski definition) is 16. The molecule has 310 valence electrons. The minimum absolute atomic E-state index is 0.00109. The molecule has 0 aliphatic carbocycles. The van der Waals surface area contributed by atoms with E-state index in [2.05, 4.69) is 21.3 Å². The van der Waals surface area contributed by atoms with Gasteiger partial charge in [0.1, 0.15) is 0 Å². The summed E-state index contributed by atoms with van der Waals surface area (Å²) in [6, 6.07) is 33.8.